The van der Waals surface area contributed by atoms with Crippen LogP contribution in [0, 0.1) is 0 Å². The maximum Gasteiger partial charge on any atom is 0.151 e. The van der Waals surface area contributed by atoms with Crippen LogP contribution in [0.3, 0.4) is 0 Å². The molecule has 0 spiro atoms. The van der Waals surface area contributed by atoms with E-state index in [1.807, 2.05) is 24.3 Å². The molecule has 3 heterocycles. The van der Waals surface area contributed by atoms with E-state index in [9.17, 15) is 5.11 Å². The second-order valence-corrected chi connectivity index (χ2v) is 6.02. The summed E-state index contributed by atoms with van der Waals surface area (Å²) in [6.45, 7) is 3.05. The maximum atomic E-state index is 10.0. The largest absolute Gasteiger partial charge is 0.467 e. The van der Waals surface area contributed by atoms with Gasteiger partial charge in [-0.1, -0.05) is 0 Å². The summed E-state index contributed by atoms with van der Waals surface area (Å²) in [5, 5.41) is 21.6. The van der Waals surface area contributed by atoms with Gasteiger partial charge in [-0.15, -0.1) is 5.10 Å². The fraction of sp³-hybridized carbons (Fsp3) is 0.529. The summed E-state index contributed by atoms with van der Waals surface area (Å²) >= 11 is 0. The highest BCUT2D eigenvalue weighted by atomic mass is 16.5. The molecule has 0 bridgehead atoms. The van der Waals surface area contributed by atoms with Crippen LogP contribution in [-0.4, -0.2) is 53.7 Å². The average Bonchev–Trinajstić information content (AvgIpc) is 3.14. The minimum Gasteiger partial charge on any atom is -0.467 e. The van der Waals surface area contributed by atoms with Gasteiger partial charge in [-0.2, -0.15) is 5.10 Å². The van der Waals surface area contributed by atoms with Crippen molar-refractivity contribution in [2.45, 2.75) is 31.6 Å². The number of hydrogen-bond acceptors (Lipinski definition) is 7. The van der Waals surface area contributed by atoms with Crippen LogP contribution in [0.5, 0.6) is 0 Å². The molecule has 3 rings (SSSR count). The maximum absolute atomic E-state index is 10.0. The lowest BCUT2D eigenvalue weighted by Crippen LogP contribution is -2.48. The van der Waals surface area contributed by atoms with Crippen molar-refractivity contribution < 1.29 is 14.3 Å². The molecule has 7 nitrogen and oxygen atoms in total. The van der Waals surface area contributed by atoms with Crippen molar-refractivity contribution >= 4 is 5.82 Å². The molecule has 0 saturated carbocycles. The van der Waals surface area contributed by atoms with Crippen LogP contribution < -0.4 is 10.2 Å². The third-order valence-corrected chi connectivity index (χ3v) is 4.08. The molecular weight excluding hydrogens is 308 g/mol. The minimum absolute atomic E-state index is 0.286. The lowest BCUT2D eigenvalue weighted by molar-refractivity contribution is 0.0213. The molecule has 0 amide bonds. The van der Waals surface area contributed by atoms with Gasteiger partial charge in [0, 0.05) is 31.9 Å². The average molecular weight is 332 g/mol. The Balaban J connectivity index is 1.36. The van der Waals surface area contributed by atoms with Gasteiger partial charge < -0.3 is 24.5 Å². The Morgan fingerprint density at radius 1 is 1.42 bits per heavy atom. The number of aliphatic hydroxyl groups is 1. The van der Waals surface area contributed by atoms with E-state index in [1.54, 1.807) is 12.5 Å². The van der Waals surface area contributed by atoms with Crippen molar-refractivity contribution in [1.29, 1.82) is 0 Å². The van der Waals surface area contributed by atoms with Crippen LogP contribution in [0.4, 0.5) is 5.82 Å². The number of hydrogen-bond donors (Lipinski definition) is 2. The Kier molecular flexibility index (Phi) is 6.17. The Morgan fingerprint density at radius 3 is 3.17 bits per heavy atom. The standard InChI is InChI=1S/C17H24N4O3/c22-15(12-23-13-16-5-3-9-24-16)10-18-14-4-2-8-21(11-14)17-6-1-7-19-20-17/h1,3,5-7,9,14-15,18,22H,2,4,8,10-13H2/t14-,15+/m0/s1. The summed E-state index contributed by atoms with van der Waals surface area (Å²) in [6.07, 6.45) is 4.95. The van der Waals surface area contributed by atoms with Gasteiger partial charge in [-0.25, -0.2) is 0 Å². The zero-order valence-electron chi connectivity index (χ0n) is 13.7. The fourth-order valence-corrected chi connectivity index (χ4v) is 2.87. The van der Waals surface area contributed by atoms with Crippen LogP contribution in [0.1, 0.15) is 18.6 Å². The fourth-order valence-electron chi connectivity index (χ4n) is 2.87. The minimum atomic E-state index is -0.535. The summed E-state index contributed by atoms with van der Waals surface area (Å²) in [5.41, 5.74) is 0. The lowest BCUT2D eigenvalue weighted by Gasteiger charge is -2.34. The van der Waals surface area contributed by atoms with E-state index in [2.05, 4.69) is 20.4 Å². The number of furan rings is 1. The highest BCUT2D eigenvalue weighted by Crippen LogP contribution is 2.16. The van der Waals surface area contributed by atoms with Crippen LogP contribution in [0.15, 0.2) is 41.1 Å². The van der Waals surface area contributed by atoms with Gasteiger partial charge in [0.15, 0.2) is 5.82 Å². The number of nitrogens with zero attached hydrogens (tertiary/aromatic N) is 3. The first-order chi connectivity index (χ1) is 11.8. The molecule has 0 aliphatic carbocycles. The van der Waals surface area contributed by atoms with Gasteiger partial charge in [-0.05, 0) is 37.1 Å². The monoisotopic (exact) mass is 332 g/mol. The molecule has 0 radical (unpaired) electrons. The summed E-state index contributed by atoms with van der Waals surface area (Å²) in [4.78, 5) is 2.23. The molecule has 1 saturated heterocycles. The number of aliphatic hydroxyl groups excluding tert-OH is 1. The van der Waals surface area contributed by atoms with E-state index >= 15 is 0 Å². The predicted octanol–water partition coefficient (Wildman–Crippen LogP) is 1.21. The van der Waals surface area contributed by atoms with Crippen molar-refractivity contribution in [3.63, 3.8) is 0 Å². The van der Waals surface area contributed by atoms with Crippen molar-refractivity contribution in [1.82, 2.24) is 15.5 Å². The molecule has 1 fully saturated rings. The lowest BCUT2D eigenvalue weighted by atomic mass is 10.1. The van der Waals surface area contributed by atoms with Gasteiger partial charge >= 0.3 is 0 Å². The Bertz CT molecular complexity index is 579. The third kappa shape index (κ3) is 5.02. The Labute approximate surface area is 141 Å². The van der Waals surface area contributed by atoms with E-state index in [0.717, 1.165) is 37.5 Å². The van der Waals surface area contributed by atoms with Gasteiger partial charge in [0.2, 0.25) is 0 Å². The zero-order valence-corrected chi connectivity index (χ0v) is 13.7. The first-order valence-electron chi connectivity index (χ1n) is 8.35. The van der Waals surface area contributed by atoms with Gasteiger partial charge in [0.1, 0.15) is 12.4 Å². The van der Waals surface area contributed by atoms with Crippen LogP contribution in [0.25, 0.3) is 0 Å². The topological polar surface area (TPSA) is 83.7 Å². The molecule has 0 aromatic carbocycles. The summed E-state index contributed by atoms with van der Waals surface area (Å²) in [7, 11) is 0. The smallest absolute Gasteiger partial charge is 0.151 e. The van der Waals surface area contributed by atoms with Crippen molar-refractivity contribution in [2.75, 3.05) is 31.1 Å². The first kappa shape index (κ1) is 16.9. The van der Waals surface area contributed by atoms with Crippen LogP contribution in [0.2, 0.25) is 0 Å². The summed E-state index contributed by atoms with van der Waals surface area (Å²) < 4.78 is 10.6. The van der Waals surface area contributed by atoms with E-state index < -0.39 is 6.10 Å². The number of aromatic nitrogens is 2. The molecule has 0 unspecified atom stereocenters. The molecule has 1 aliphatic rings. The second kappa shape index (κ2) is 8.77. The van der Waals surface area contributed by atoms with Crippen LogP contribution >= 0.6 is 0 Å². The van der Waals surface area contributed by atoms with E-state index in [0.29, 0.717) is 19.2 Å². The number of anilines is 1. The van der Waals surface area contributed by atoms with Gasteiger partial charge in [0.05, 0.1) is 19.0 Å². The van der Waals surface area contributed by atoms with E-state index in [1.165, 1.54) is 0 Å². The number of piperidine rings is 1. The van der Waals surface area contributed by atoms with Crippen molar-refractivity contribution in [2.24, 2.45) is 0 Å². The van der Waals surface area contributed by atoms with Gasteiger partial charge in [-0.3, -0.25) is 0 Å². The number of rotatable bonds is 8. The van der Waals surface area contributed by atoms with Crippen LogP contribution in [-0.2, 0) is 11.3 Å². The SMILES string of the molecule is O[C@H](CN[C@H]1CCCN(c2cccnn2)C1)COCc1ccco1. The quantitative estimate of drug-likeness (QED) is 0.751. The number of ether oxygens (including phenoxy) is 1. The molecule has 24 heavy (non-hydrogen) atoms. The normalized spacial score (nSPS) is 19.4. The zero-order chi connectivity index (χ0) is 16.6. The van der Waals surface area contributed by atoms with Gasteiger partial charge in [0.25, 0.3) is 0 Å². The van der Waals surface area contributed by atoms with Crippen molar-refractivity contribution in [3.8, 4) is 0 Å². The molecular formula is C17H24N4O3. The van der Waals surface area contributed by atoms with Crippen molar-refractivity contribution in [3.05, 3.63) is 42.5 Å². The summed E-state index contributed by atoms with van der Waals surface area (Å²) in [5.74, 6) is 1.67. The number of nitrogens with one attached hydrogen (secondary N) is 1. The summed E-state index contributed by atoms with van der Waals surface area (Å²) in [6, 6.07) is 7.89. The predicted molar refractivity (Wildman–Crippen MR) is 89.6 cm³/mol. The Hall–Kier alpha value is -1.96. The van der Waals surface area contributed by atoms with E-state index in [-0.39, 0.29) is 6.61 Å². The second-order valence-electron chi connectivity index (χ2n) is 6.02. The highest BCUT2D eigenvalue weighted by molar-refractivity contribution is 5.37. The molecule has 2 aromatic heterocycles. The molecule has 2 N–H and O–H groups in total. The van der Waals surface area contributed by atoms with E-state index in [4.69, 9.17) is 9.15 Å². The molecule has 1 aliphatic heterocycles. The third-order valence-electron chi connectivity index (χ3n) is 4.08. The Morgan fingerprint density at radius 2 is 2.38 bits per heavy atom. The molecule has 2 aromatic rings. The highest BCUT2D eigenvalue weighted by Gasteiger charge is 2.21. The first-order valence-corrected chi connectivity index (χ1v) is 8.35. The molecule has 130 valence electrons. The molecule has 7 heteroatoms. The molecule has 2 atom stereocenters.